The smallest absolute Gasteiger partial charge is 0.310 e. The number of aliphatic carboxylic acids is 1. The summed E-state index contributed by atoms with van der Waals surface area (Å²) in [6.45, 7) is 1.08. The van der Waals surface area contributed by atoms with Gasteiger partial charge in [-0.15, -0.1) is 0 Å². The van der Waals surface area contributed by atoms with Gasteiger partial charge in [-0.2, -0.15) is 0 Å². The van der Waals surface area contributed by atoms with E-state index in [0.717, 1.165) is 6.92 Å². The van der Waals surface area contributed by atoms with Crippen LogP contribution in [0.25, 0.3) is 0 Å². The zero-order chi connectivity index (χ0) is 11.7. The Hall–Kier alpha value is -1.04. The summed E-state index contributed by atoms with van der Waals surface area (Å²) in [5.41, 5.74) is -0.783. The zero-order valence-electron chi connectivity index (χ0n) is 7.52. The third kappa shape index (κ3) is 2.14. The lowest BCUT2D eigenvalue weighted by Gasteiger charge is -2.10. The molecule has 0 aliphatic heterocycles. The van der Waals surface area contributed by atoms with E-state index in [1.54, 1.807) is 0 Å². The first-order chi connectivity index (χ1) is 6.86. The number of benzene rings is 1. The summed E-state index contributed by atoms with van der Waals surface area (Å²) in [7, 11) is 0. The van der Waals surface area contributed by atoms with Crippen LogP contribution >= 0.6 is 15.9 Å². The van der Waals surface area contributed by atoms with Crippen molar-refractivity contribution in [2.75, 3.05) is 0 Å². The van der Waals surface area contributed by atoms with Crippen LogP contribution in [0.4, 0.5) is 13.2 Å². The van der Waals surface area contributed by atoms with Gasteiger partial charge in [-0.25, -0.2) is 13.2 Å². The molecule has 0 bridgehead atoms. The van der Waals surface area contributed by atoms with Gasteiger partial charge in [0.25, 0.3) is 0 Å². The average molecular weight is 283 g/mol. The fourth-order valence-corrected chi connectivity index (χ4v) is 1.51. The number of hydrogen-bond acceptors (Lipinski definition) is 1. The molecule has 0 aromatic heterocycles. The lowest BCUT2D eigenvalue weighted by molar-refractivity contribution is -0.138. The summed E-state index contributed by atoms with van der Waals surface area (Å²) in [4.78, 5) is 10.6. The highest BCUT2D eigenvalue weighted by atomic mass is 79.9. The highest BCUT2D eigenvalue weighted by Gasteiger charge is 2.26. The molecule has 0 fully saturated rings. The largest absolute Gasteiger partial charge is 0.481 e. The normalized spacial score (nSPS) is 12.6. The van der Waals surface area contributed by atoms with E-state index in [4.69, 9.17) is 5.11 Å². The molecule has 0 aliphatic rings. The minimum absolute atomic E-state index is 0.301. The molecule has 0 saturated carbocycles. The Bertz CT molecular complexity index is 394. The van der Waals surface area contributed by atoms with Gasteiger partial charge in [0.2, 0.25) is 0 Å². The highest BCUT2D eigenvalue weighted by Crippen LogP contribution is 2.29. The van der Waals surface area contributed by atoms with E-state index < -0.39 is 34.9 Å². The third-order valence-electron chi connectivity index (χ3n) is 1.95. The van der Waals surface area contributed by atoms with Gasteiger partial charge in [-0.05, 0) is 28.9 Å². The number of carboxylic acid groups (broad SMARTS) is 1. The average Bonchev–Trinajstić information content (AvgIpc) is 2.15. The highest BCUT2D eigenvalue weighted by molar-refractivity contribution is 9.10. The van der Waals surface area contributed by atoms with Crippen LogP contribution in [-0.2, 0) is 4.79 Å². The Morgan fingerprint density at radius 3 is 2.40 bits per heavy atom. The first-order valence-corrected chi connectivity index (χ1v) is 4.71. The Kier molecular flexibility index (Phi) is 3.38. The second kappa shape index (κ2) is 4.22. The Morgan fingerprint density at radius 2 is 1.93 bits per heavy atom. The molecule has 0 spiro atoms. The van der Waals surface area contributed by atoms with Crippen molar-refractivity contribution >= 4 is 21.9 Å². The monoisotopic (exact) mass is 282 g/mol. The quantitative estimate of drug-likeness (QED) is 0.847. The van der Waals surface area contributed by atoms with Crippen molar-refractivity contribution in [3.63, 3.8) is 0 Å². The lowest BCUT2D eigenvalue weighted by atomic mass is 10.00. The van der Waals surface area contributed by atoms with Crippen LogP contribution in [0.5, 0.6) is 0 Å². The van der Waals surface area contributed by atoms with Gasteiger partial charge in [0.05, 0.1) is 10.4 Å². The molecule has 1 unspecified atom stereocenters. The SMILES string of the molecule is CC(C(=O)O)c1c(F)c(F)cc(Br)c1F. The van der Waals surface area contributed by atoms with Crippen molar-refractivity contribution in [2.24, 2.45) is 0 Å². The number of rotatable bonds is 2. The van der Waals surface area contributed by atoms with Crippen molar-refractivity contribution in [3.05, 3.63) is 33.6 Å². The van der Waals surface area contributed by atoms with Crippen LogP contribution in [0, 0.1) is 17.5 Å². The van der Waals surface area contributed by atoms with Crippen molar-refractivity contribution in [3.8, 4) is 0 Å². The molecule has 0 saturated heterocycles. The molecule has 1 aromatic rings. The number of carbonyl (C=O) groups is 1. The Balaban J connectivity index is 3.45. The van der Waals surface area contributed by atoms with Crippen LogP contribution in [0.15, 0.2) is 10.5 Å². The van der Waals surface area contributed by atoms with E-state index in [1.807, 2.05) is 0 Å². The van der Waals surface area contributed by atoms with Crippen molar-refractivity contribution < 1.29 is 23.1 Å². The Morgan fingerprint density at radius 1 is 1.40 bits per heavy atom. The first-order valence-electron chi connectivity index (χ1n) is 3.92. The van der Waals surface area contributed by atoms with E-state index in [2.05, 4.69) is 15.9 Å². The molecule has 0 amide bonds. The molecule has 1 N–H and O–H groups in total. The number of carboxylic acids is 1. The van der Waals surface area contributed by atoms with Crippen molar-refractivity contribution in [1.82, 2.24) is 0 Å². The van der Waals surface area contributed by atoms with Crippen LogP contribution in [0.3, 0.4) is 0 Å². The molecule has 82 valence electrons. The molecule has 2 nitrogen and oxygen atoms in total. The van der Waals surface area contributed by atoms with Gasteiger partial charge in [-0.1, -0.05) is 0 Å². The Labute approximate surface area is 91.8 Å². The first kappa shape index (κ1) is 12.0. The van der Waals surface area contributed by atoms with Gasteiger partial charge in [0.15, 0.2) is 11.6 Å². The summed E-state index contributed by atoms with van der Waals surface area (Å²) in [5.74, 6) is -6.72. The maximum absolute atomic E-state index is 13.3. The molecule has 6 heteroatoms. The fraction of sp³-hybridized carbons (Fsp3) is 0.222. The zero-order valence-corrected chi connectivity index (χ0v) is 9.11. The molecular formula is C9H6BrF3O2. The molecular weight excluding hydrogens is 277 g/mol. The summed E-state index contributed by atoms with van der Waals surface area (Å²) >= 11 is 2.67. The predicted molar refractivity (Wildman–Crippen MR) is 50.1 cm³/mol. The molecule has 0 radical (unpaired) electrons. The number of hydrogen-bond donors (Lipinski definition) is 1. The van der Waals surface area contributed by atoms with Crippen LogP contribution in [0.2, 0.25) is 0 Å². The molecule has 15 heavy (non-hydrogen) atoms. The predicted octanol–water partition coefficient (Wildman–Crippen LogP) is 3.05. The van der Waals surface area contributed by atoms with Gasteiger partial charge < -0.3 is 5.11 Å². The topological polar surface area (TPSA) is 37.3 Å². The van der Waals surface area contributed by atoms with E-state index in [-0.39, 0.29) is 4.47 Å². The van der Waals surface area contributed by atoms with Crippen molar-refractivity contribution in [1.29, 1.82) is 0 Å². The fourth-order valence-electron chi connectivity index (χ4n) is 1.10. The summed E-state index contributed by atoms with van der Waals surface area (Å²) in [6, 6.07) is 0.614. The maximum atomic E-state index is 13.3. The molecule has 0 heterocycles. The molecule has 1 aromatic carbocycles. The van der Waals surface area contributed by atoms with E-state index in [9.17, 15) is 18.0 Å². The van der Waals surface area contributed by atoms with E-state index in [0.29, 0.717) is 6.07 Å². The van der Waals surface area contributed by atoms with Gasteiger partial charge in [0, 0.05) is 5.56 Å². The van der Waals surface area contributed by atoms with Gasteiger partial charge in [0.1, 0.15) is 5.82 Å². The van der Waals surface area contributed by atoms with E-state index >= 15 is 0 Å². The molecule has 1 atom stereocenters. The van der Waals surface area contributed by atoms with Crippen LogP contribution < -0.4 is 0 Å². The maximum Gasteiger partial charge on any atom is 0.310 e. The lowest BCUT2D eigenvalue weighted by Crippen LogP contribution is -2.13. The van der Waals surface area contributed by atoms with Gasteiger partial charge >= 0.3 is 5.97 Å². The van der Waals surface area contributed by atoms with E-state index in [1.165, 1.54) is 0 Å². The summed E-state index contributed by atoms with van der Waals surface area (Å²) < 4.78 is 39.1. The minimum Gasteiger partial charge on any atom is -0.481 e. The second-order valence-corrected chi connectivity index (χ2v) is 3.80. The van der Waals surface area contributed by atoms with Crippen LogP contribution in [0.1, 0.15) is 18.4 Å². The minimum atomic E-state index is -1.47. The second-order valence-electron chi connectivity index (χ2n) is 2.94. The van der Waals surface area contributed by atoms with Crippen LogP contribution in [-0.4, -0.2) is 11.1 Å². The van der Waals surface area contributed by atoms with Gasteiger partial charge in [-0.3, -0.25) is 4.79 Å². The standard InChI is InChI=1S/C9H6BrF3O2/c1-3(9(14)15)6-7(12)4(10)2-5(11)8(6)13/h2-3H,1H3,(H,14,15). The molecule has 1 rings (SSSR count). The van der Waals surface area contributed by atoms with Crippen molar-refractivity contribution in [2.45, 2.75) is 12.8 Å². The third-order valence-corrected chi connectivity index (χ3v) is 2.53. The molecule has 0 aliphatic carbocycles. The summed E-state index contributed by atoms with van der Waals surface area (Å²) in [6.07, 6.45) is 0. The number of halogens is 4. The summed E-state index contributed by atoms with van der Waals surface area (Å²) in [5, 5.41) is 8.60.